The predicted molar refractivity (Wildman–Crippen MR) is 88.4 cm³/mol. The first-order valence-electron chi connectivity index (χ1n) is 7.92. The molecule has 2 aliphatic rings. The van der Waals surface area contributed by atoms with Gasteiger partial charge < -0.3 is 14.6 Å². The highest BCUT2D eigenvalue weighted by molar-refractivity contribution is 6.08. The van der Waals surface area contributed by atoms with Gasteiger partial charge in [0.15, 0.2) is 17.3 Å². The number of Topliss-reactive ketones (excluding diaryl/α,β-unsaturated/α-hetero) is 1. The zero-order valence-electron chi connectivity index (χ0n) is 14.3. The van der Waals surface area contributed by atoms with Crippen molar-refractivity contribution in [2.24, 2.45) is 16.7 Å². The van der Waals surface area contributed by atoms with Crippen molar-refractivity contribution in [3.8, 4) is 11.5 Å². The van der Waals surface area contributed by atoms with Gasteiger partial charge in [0.1, 0.15) is 0 Å². The molecule has 2 bridgehead atoms. The van der Waals surface area contributed by atoms with E-state index in [0.717, 1.165) is 17.6 Å². The number of methoxy groups -OCH3 is 2. The van der Waals surface area contributed by atoms with Crippen LogP contribution >= 0.6 is 0 Å². The van der Waals surface area contributed by atoms with Gasteiger partial charge >= 0.3 is 0 Å². The van der Waals surface area contributed by atoms with E-state index in [-0.39, 0.29) is 34.4 Å². The monoisotopic (exact) mass is 316 g/mol. The van der Waals surface area contributed by atoms with E-state index in [0.29, 0.717) is 5.75 Å². The summed E-state index contributed by atoms with van der Waals surface area (Å²) in [6.45, 7) is 6.37. The molecule has 23 heavy (non-hydrogen) atoms. The largest absolute Gasteiger partial charge is 0.504 e. The number of carbonyl (C=O) groups excluding carboxylic acids is 1. The lowest BCUT2D eigenvalue weighted by Crippen LogP contribution is -2.33. The minimum Gasteiger partial charge on any atom is -0.504 e. The SMILES string of the molecule is COc1cc(C=C2C(=O)C3(C)CC(OC)C2C3(C)C)ccc1O. The average Bonchev–Trinajstić information content (AvgIpc) is 2.80. The number of benzene rings is 1. The molecular formula is C19H24O4. The second-order valence-corrected chi connectivity index (χ2v) is 7.37. The lowest BCUT2D eigenvalue weighted by atomic mass is 9.70. The topological polar surface area (TPSA) is 55.8 Å². The fourth-order valence-corrected chi connectivity index (χ4v) is 4.36. The van der Waals surface area contributed by atoms with E-state index in [9.17, 15) is 9.90 Å². The molecule has 0 aromatic heterocycles. The number of phenols is 1. The number of hydrogen-bond donors (Lipinski definition) is 1. The smallest absolute Gasteiger partial charge is 0.165 e. The molecule has 2 fully saturated rings. The van der Waals surface area contributed by atoms with Crippen molar-refractivity contribution in [1.29, 1.82) is 0 Å². The fourth-order valence-electron chi connectivity index (χ4n) is 4.36. The van der Waals surface area contributed by atoms with E-state index < -0.39 is 0 Å². The molecule has 0 aliphatic heterocycles. The van der Waals surface area contributed by atoms with Crippen LogP contribution in [-0.2, 0) is 9.53 Å². The third-order valence-electron chi connectivity index (χ3n) is 6.11. The van der Waals surface area contributed by atoms with E-state index >= 15 is 0 Å². The van der Waals surface area contributed by atoms with Crippen LogP contribution in [-0.4, -0.2) is 31.2 Å². The third-order valence-corrected chi connectivity index (χ3v) is 6.11. The first-order valence-corrected chi connectivity index (χ1v) is 7.92. The molecule has 3 rings (SSSR count). The van der Waals surface area contributed by atoms with E-state index in [4.69, 9.17) is 9.47 Å². The van der Waals surface area contributed by atoms with Crippen molar-refractivity contribution >= 4 is 11.9 Å². The normalized spacial score (nSPS) is 33.4. The molecule has 0 amide bonds. The Labute approximate surface area is 137 Å². The van der Waals surface area contributed by atoms with Crippen LogP contribution in [0.4, 0.5) is 0 Å². The Bertz CT molecular complexity index is 689. The highest BCUT2D eigenvalue weighted by Gasteiger charge is 2.68. The molecule has 0 radical (unpaired) electrons. The Morgan fingerprint density at radius 1 is 1.26 bits per heavy atom. The second-order valence-electron chi connectivity index (χ2n) is 7.37. The van der Waals surface area contributed by atoms with Crippen molar-refractivity contribution in [3.05, 3.63) is 29.3 Å². The lowest BCUT2D eigenvalue weighted by Gasteiger charge is -2.31. The summed E-state index contributed by atoms with van der Waals surface area (Å²) in [5.74, 6) is 0.803. The molecule has 2 saturated carbocycles. The van der Waals surface area contributed by atoms with Crippen molar-refractivity contribution in [2.45, 2.75) is 33.3 Å². The quantitative estimate of drug-likeness (QED) is 0.868. The zero-order chi connectivity index (χ0) is 17.0. The van der Waals surface area contributed by atoms with Gasteiger partial charge in [-0.15, -0.1) is 0 Å². The Hall–Kier alpha value is -1.81. The van der Waals surface area contributed by atoms with Crippen LogP contribution in [0.15, 0.2) is 23.8 Å². The summed E-state index contributed by atoms with van der Waals surface area (Å²) in [7, 11) is 3.23. The van der Waals surface area contributed by atoms with Crippen LogP contribution in [0, 0.1) is 16.7 Å². The van der Waals surface area contributed by atoms with Gasteiger partial charge in [-0.25, -0.2) is 0 Å². The fraction of sp³-hybridized carbons (Fsp3) is 0.526. The van der Waals surface area contributed by atoms with Gasteiger partial charge in [0.25, 0.3) is 0 Å². The predicted octanol–water partition coefficient (Wildman–Crippen LogP) is 3.43. The molecule has 3 unspecified atom stereocenters. The Morgan fingerprint density at radius 2 is 1.96 bits per heavy atom. The summed E-state index contributed by atoms with van der Waals surface area (Å²) in [4.78, 5) is 13.0. The number of carbonyl (C=O) groups is 1. The van der Waals surface area contributed by atoms with Crippen LogP contribution in [0.5, 0.6) is 11.5 Å². The molecule has 1 aromatic carbocycles. The first-order chi connectivity index (χ1) is 10.8. The maximum absolute atomic E-state index is 13.0. The summed E-state index contributed by atoms with van der Waals surface area (Å²) in [5, 5.41) is 9.72. The molecule has 2 aliphatic carbocycles. The molecule has 4 nitrogen and oxygen atoms in total. The summed E-state index contributed by atoms with van der Waals surface area (Å²) in [6, 6.07) is 5.13. The second kappa shape index (κ2) is 5.10. The highest BCUT2D eigenvalue weighted by atomic mass is 16.5. The van der Waals surface area contributed by atoms with Gasteiger partial charge in [0.2, 0.25) is 0 Å². The maximum atomic E-state index is 13.0. The van der Waals surface area contributed by atoms with Gasteiger partial charge in [-0.05, 0) is 35.6 Å². The first kappa shape index (κ1) is 16.1. The maximum Gasteiger partial charge on any atom is 0.165 e. The average molecular weight is 316 g/mol. The van der Waals surface area contributed by atoms with Crippen LogP contribution in [0.2, 0.25) is 0 Å². The van der Waals surface area contributed by atoms with Crippen LogP contribution in [0.3, 0.4) is 0 Å². The molecule has 0 spiro atoms. The summed E-state index contributed by atoms with van der Waals surface area (Å²) in [6.07, 6.45) is 2.77. The van der Waals surface area contributed by atoms with Crippen LogP contribution in [0.25, 0.3) is 6.08 Å². The number of rotatable bonds is 3. The highest BCUT2D eigenvalue weighted by Crippen LogP contribution is 2.66. The minimum atomic E-state index is -0.384. The van der Waals surface area contributed by atoms with Crippen molar-refractivity contribution in [2.75, 3.05) is 14.2 Å². The van der Waals surface area contributed by atoms with E-state index in [2.05, 4.69) is 20.8 Å². The van der Waals surface area contributed by atoms with Gasteiger partial charge in [-0.1, -0.05) is 26.8 Å². The van der Waals surface area contributed by atoms with Crippen molar-refractivity contribution in [3.63, 3.8) is 0 Å². The van der Waals surface area contributed by atoms with Gasteiger partial charge in [0.05, 0.1) is 13.2 Å². The molecule has 0 heterocycles. The molecule has 4 heteroatoms. The molecule has 3 atom stereocenters. The zero-order valence-corrected chi connectivity index (χ0v) is 14.3. The molecule has 1 N–H and O–H groups in total. The molecule has 1 aromatic rings. The number of phenolic OH excluding ortho intramolecular Hbond substituents is 1. The number of ketones is 1. The summed E-state index contributed by atoms with van der Waals surface area (Å²) < 4.78 is 10.8. The van der Waals surface area contributed by atoms with Crippen molar-refractivity contribution in [1.82, 2.24) is 0 Å². The number of hydrogen-bond acceptors (Lipinski definition) is 4. The van der Waals surface area contributed by atoms with Crippen molar-refractivity contribution < 1.29 is 19.4 Å². The van der Waals surface area contributed by atoms with Gasteiger partial charge in [-0.2, -0.15) is 0 Å². The van der Waals surface area contributed by atoms with E-state index in [1.807, 2.05) is 6.08 Å². The lowest BCUT2D eigenvalue weighted by molar-refractivity contribution is -0.126. The van der Waals surface area contributed by atoms with Gasteiger partial charge in [-0.3, -0.25) is 4.79 Å². The molecule has 124 valence electrons. The standard InChI is InChI=1S/C19H24O4/c1-18(2)16-12(17(21)19(18,3)10-15(16)23-5)8-11-6-7-13(20)14(9-11)22-4/h6-9,15-16,20H,10H2,1-5H3. The Morgan fingerprint density at radius 3 is 2.52 bits per heavy atom. The van der Waals surface area contributed by atoms with Crippen LogP contribution < -0.4 is 4.74 Å². The number of aromatic hydroxyl groups is 1. The van der Waals surface area contributed by atoms with Crippen LogP contribution in [0.1, 0.15) is 32.8 Å². The third kappa shape index (κ3) is 2.04. The Kier molecular flexibility index (Phi) is 3.56. The summed E-state index contributed by atoms with van der Waals surface area (Å²) in [5.41, 5.74) is 1.16. The van der Waals surface area contributed by atoms with Gasteiger partial charge in [0, 0.05) is 24.0 Å². The minimum absolute atomic E-state index is 0.0676. The molecular weight excluding hydrogens is 292 g/mol. The summed E-state index contributed by atoms with van der Waals surface area (Å²) >= 11 is 0. The number of fused-ring (bicyclic) bond motifs is 2. The Balaban J connectivity index is 2.08. The van der Waals surface area contributed by atoms with E-state index in [1.54, 1.807) is 25.3 Å². The van der Waals surface area contributed by atoms with E-state index in [1.165, 1.54) is 7.11 Å². The molecule has 0 saturated heterocycles. The number of ether oxygens (including phenoxy) is 2.